The number of rotatable bonds is 7. The van der Waals surface area contributed by atoms with Gasteiger partial charge in [-0.15, -0.1) is 0 Å². The molecular weight excluding hydrogens is 204 g/mol. The third-order valence-electron chi connectivity index (χ3n) is 6.51. The van der Waals surface area contributed by atoms with Crippen LogP contribution in [0.15, 0.2) is 0 Å². The lowest BCUT2D eigenvalue weighted by molar-refractivity contribution is -0.131. The molecule has 0 radical (unpaired) electrons. The summed E-state index contributed by atoms with van der Waals surface area (Å²) in [4.78, 5) is 0. The highest BCUT2D eigenvalue weighted by Gasteiger charge is 2.56. The maximum absolute atomic E-state index is 2.56. The summed E-state index contributed by atoms with van der Waals surface area (Å²) in [7, 11) is 0. The van der Waals surface area contributed by atoms with Crippen molar-refractivity contribution in [3.05, 3.63) is 0 Å². The van der Waals surface area contributed by atoms with E-state index in [1.165, 1.54) is 51.4 Å². The zero-order valence-corrected chi connectivity index (χ0v) is 12.5. The van der Waals surface area contributed by atoms with Gasteiger partial charge in [0.1, 0.15) is 0 Å². The van der Waals surface area contributed by atoms with Crippen molar-refractivity contribution in [1.82, 2.24) is 0 Å². The van der Waals surface area contributed by atoms with Crippen LogP contribution < -0.4 is 0 Å². The fraction of sp³-hybridized carbons (Fsp3) is 1.00. The SMILES string of the molecule is CCCC(C)(CC)CCCC1CC2CCC12C. The van der Waals surface area contributed by atoms with Gasteiger partial charge in [-0.2, -0.15) is 0 Å². The Morgan fingerprint density at radius 2 is 2.00 bits per heavy atom. The number of hydrogen-bond acceptors (Lipinski definition) is 0. The molecule has 0 bridgehead atoms. The highest BCUT2D eigenvalue weighted by molar-refractivity contribution is 5.06. The van der Waals surface area contributed by atoms with Crippen molar-refractivity contribution in [2.75, 3.05) is 0 Å². The van der Waals surface area contributed by atoms with Crippen molar-refractivity contribution in [2.45, 2.75) is 85.5 Å². The molecule has 0 amide bonds. The summed E-state index contributed by atoms with van der Waals surface area (Å²) < 4.78 is 0. The summed E-state index contributed by atoms with van der Waals surface area (Å²) in [5, 5.41) is 0. The zero-order valence-electron chi connectivity index (χ0n) is 12.5. The molecule has 100 valence electrons. The Bertz CT molecular complexity index is 257. The van der Waals surface area contributed by atoms with Crippen LogP contribution in [0.3, 0.4) is 0 Å². The second-order valence-corrected chi connectivity index (χ2v) is 7.48. The molecule has 0 heterocycles. The van der Waals surface area contributed by atoms with Crippen molar-refractivity contribution < 1.29 is 0 Å². The van der Waals surface area contributed by atoms with Crippen LogP contribution in [0, 0.1) is 22.7 Å². The Labute approximate surface area is 109 Å². The van der Waals surface area contributed by atoms with E-state index in [2.05, 4.69) is 27.7 Å². The molecule has 4 atom stereocenters. The van der Waals surface area contributed by atoms with E-state index in [-0.39, 0.29) is 0 Å². The van der Waals surface area contributed by atoms with Crippen molar-refractivity contribution in [3.63, 3.8) is 0 Å². The molecule has 2 aliphatic carbocycles. The first-order valence-electron chi connectivity index (χ1n) is 8.04. The second-order valence-electron chi connectivity index (χ2n) is 7.48. The smallest absolute Gasteiger partial charge is 0.0269 e. The van der Waals surface area contributed by atoms with Crippen LogP contribution in [-0.4, -0.2) is 0 Å². The Morgan fingerprint density at radius 3 is 2.41 bits per heavy atom. The van der Waals surface area contributed by atoms with E-state index in [9.17, 15) is 0 Å². The Kier molecular flexibility index (Phi) is 3.90. The molecule has 0 N–H and O–H groups in total. The number of hydrogen-bond donors (Lipinski definition) is 0. The van der Waals surface area contributed by atoms with Crippen LogP contribution in [-0.2, 0) is 0 Å². The highest BCUT2D eigenvalue weighted by atomic mass is 14.6. The Balaban J connectivity index is 1.69. The van der Waals surface area contributed by atoms with Gasteiger partial charge in [-0.25, -0.2) is 0 Å². The number of fused-ring (bicyclic) bond motifs is 1. The molecule has 2 fully saturated rings. The summed E-state index contributed by atoms with van der Waals surface area (Å²) >= 11 is 0. The van der Waals surface area contributed by atoms with Crippen LogP contribution in [0.1, 0.15) is 85.5 Å². The molecule has 0 heteroatoms. The first-order valence-corrected chi connectivity index (χ1v) is 8.04. The first-order chi connectivity index (χ1) is 8.04. The summed E-state index contributed by atoms with van der Waals surface area (Å²) in [5.74, 6) is 2.21. The standard InChI is InChI=1S/C17H32/c1-5-10-16(3,6-2)11-7-8-14-13-15-9-12-17(14,15)4/h14-15H,5-13H2,1-4H3. The lowest BCUT2D eigenvalue weighted by Crippen LogP contribution is -2.54. The first kappa shape index (κ1) is 13.4. The summed E-state index contributed by atoms with van der Waals surface area (Å²) in [6.07, 6.45) is 13.2. The van der Waals surface area contributed by atoms with E-state index < -0.39 is 0 Å². The quantitative estimate of drug-likeness (QED) is 0.523. The monoisotopic (exact) mass is 236 g/mol. The van der Waals surface area contributed by atoms with Gasteiger partial charge in [0.15, 0.2) is 0 Å². The fourth-order valence-corrected chi connectivity index (χ4v) is 4.49. The lowest BCUT2D eigenvalue weighted by atomic mass is 9.42. The minimum absolute atomic E-state index is 0.637. The minimum Gasteiger partial charge on any atom is -0.0654 e. The molecule has 2 aliphatic rings. The molecular formula is C17H32. The van der Waals surface area contributed by atoms with Crippen molar-refractivity contribution in [1.29, 1.82) is 0 Å². The normalized spacial score (nSPS) is 38.8. The largest absolute Gasteiger partial charge is 0.0654 e. The third-order valence-corrected chi connectivity index (χ3v) is 6.51. The average Bonchev–Trinajstić information content (AvgIpc) is 2.32. The average molecular weight is 236 g/mol. The fourth-order valence-electron chi connectivity index (χ4n) is 4.49. The predicted molar refractivity (Wildman–Crippen MR) is 76.1 cm³/mol. The van der Waals surface area contributed by atoms with Gasteiger partial charge in [0, 0.05) is 0 Å². The molecule has 0 aromatic heterocycles. The molecule has 0 nitrogen and oxygen atoms in total. The predicted octanol–water partition coefficient (Wildman–Crippen LogP) is 5.81. The van der Waals surface area contributed by atoms with Crippen LogP contribution >= 0.6 is 0 Å². The van der Waals surface area contributed by atoms with Crippen molar-refractivity contribution in [3.8, 4) is 0 Å². The summed E-state index contributed by atoms with van der Waals surface area (Å²) in [6.45, 7) is 9.77. The highest BCUT2D eigenvalue weighted by Crippen LogP contribution is 2.65. The van der Waals surface area contributed by atoms with Gasteiger partial charge in [-0.05, 0) is 61.2 Å². The Hall–Kier alpha value is 0. The van der Waals surface area contributed by atoms with E-state index in [1.54, 1.807) is 6.42 Å². The molecule has 0 saturated heterocycles. The maximum Gasteiger partial charge on any atom is -0.0269 e. The third kappa shape index (κ3) is 2.42. The van der Waals surface area contributed by atoms with Gasteiger partial charge in [0.05, 0.1) is 0 Å². The van der Waals surface area contributed by atoms with Crippen molar-refractivity contribution in [2.24, 2.45) is 22.7 Å². The van der Waals surface area contributed by atoms with Gasteiger partial charge in [-0.1, -0.05) is 47.0 Å². The molecule has 0 aliphatic heterocycles. The lowest BCUT2D eigenvalue weighted by Gasteiger charge is -2.63. The molecule has 2 saturated carbocycles. The topological polar surface area (TPSA) is 0 Å². The van der Waals surface area contributed by atoms with Gasteiger partial charge in [0.2, 0.25) is 0 Å². The summed E-state index contributed by atoms with van der Waals surface area (Å²) in [5.41, 5.74) is 1.44. The molecule has 0 spiro atoms. The van der Waals surface area contributed by atoms with E-state index in [0.29, 0.717) is 5.41 Å². The minimum atomic E-state index is 0.637. The van der Waals surface area contributed by atoms with Crippen LogP contribution in [0.25, 0.3) is 0 Å². The zero-order chi connectivity index (χ0) is 12.5. The molecule has 17 heavy (non-hydrogen) atoms. The van der Waals surface area contributed by atoms with Gasteiger partial charge in [0.25, 0.3) is 0 Å². The molecule has 2 rings (SSSR count). The van der Waals surface area contributed by atoms with Crippen LogP contribution in [0.5, 0.6) is 0 Å². The summed E-state index contributed by atoms with van der Waals surface area (Å²) in [6, 6.07) is 0. The van der Waals surface area contributed by atoms with Crippen LogP contribution in [0.4, 0.5) is 0 Å². The van der Waals surface area contributed by atoms with E-state index in [4.69, 9.17) is 0 Å². The van der Waals surface area contributed by atoms with E-state index in [0.717, 1.165) is 17.3 Å². The van der Waals surface area contributed by atoms with Crippen molar-refractivity contribution >= 4 is 0 Å². The second kappa shape index (κ2) is 4.94. The Morgan fingerprint density at radius 1 is 1.24 bits per heavy atom. The van der Waals surface area contributed by atoms with Gasteiger partial charge < -0.3 is 0 Å². The molecule has 4 unspecified atom stereocenters. The molecule has 0 aromatic carbocycles. The van der Waals surface area contributed by atoms with E-state index >= 15 is 0 Å². The van der Waals surface area contributed by atoms with Gasteiger partial charge in [-0.3, -0.25) is 0 Å². The van der Waals surface area contributed by atoms with Gasteiger partial charge >= 0.3 is 0 Å². The van der Waals surface area contributed by atoms with Crippen LogP contribution in [0.2, 0.25) is 0 Å². The van der Waals surface area contributed by atoms with E-state index in [1.807, 2.05) is 0 Å². The maximum atomic E-state index is 2.56. The molecule has 0 aromatic rings.